The second-order valence-electron chi connectivity index (χ2n) is 9.98. The molecule has 0 spiro atoms. The van der Waals surface area contributed by atoms with Gasteiger partial charge in [-0.2, -0.15) is 0 Å². The van der Waals surface area contributed by atoms with Gasteiger partial charge < -0.3 is 4.74 Å². The minimum atomic E-state index is -0.748. The van der Waals surface area contributed by atoms with Crippen molar-refractivity contribution in [3.05, 3.63) is 114 Å². The molecule has 1 saturated carbocycles. The summed E-state index contributed by atoms with van der Waals surface area (Å²) in [6.45, 7) is 2.50. The van der Waals surface area contributed by atoms with Gasteiger partial charge in [-0.25, -0.2) is 4.90 Å². The summed E-state index contributed by atoms with van der Waals surface area (Å²) < 4.78 is 5.56. The average Bonchev–Trinajstić information content (AvgIpc) is 3.36. The zero-order valence-corrected chi connectivity index (χ0v) is 20.4. The van der Waals surface area contributed by atoms with Crippen molar-refractivity contribution in [3.63, 3.8) is 0 Å². The van der Waals surface area contributed by atoms with Gasteiger partial charge >= 0.3 is 0 Å². The minimum Gasteiger partial charge on any atom is -0.494 e. The summed E-state index contributed by atoms with van der Waals surface area (Å²) in [4.78, 5) is 29.9. The van der Waals surface area contributed by atoms with Crippen LogP contribution in [0, 0.1) is 10.8 Å². The van der Waals surface area contributed by atoms with E-state index in [4.69, 9.17) is 4.74 Å². The van der Waals surface area contributed by atoms with Gasteiger partial charge in [0.1, 0.15) is 5.75 Å². The predicted molar refractivity (Wildman–Crippen MR) is 141 cm³/mol. The predicted octanol–water partition coefficient (Wildman–Crippen LogP) is 6.58. The number of allylic oxidation sites excluding steroid dienone is 3. The number of hydrogen-bond donors (Lipinski definition) is 0. The van der Waals surface area contributed by atoms with E-state index in [-0.39, 0.29) is 11.8 Å². The highest BCUT2D eigenvalue weighted by molar-refractivity contribution is 6.26. The molecule has 36 heavy (non-hydrogen) atoms. The van der Waals surface area contributed by atoms with Crippen molar-refractivity contribution in [2.75, 3.05) is 11.5 Å². The van der Waals surface area contributed by atoms with Crippen LogP contribution in [0.25, 0.3) is 5.57 Å². The Bertz CT molecular complexity index is 1290. The van der Waals surface area contributed by atoms with Gasteiger partial charge in [-0.15, -0.1) is 0 Å². The molecule has 4 nitrogen and oxygen atoms in total. The lowest BCUT2D eigenvalue weighted by atomic mass is 9.61. The van der Waals surface area contributed by atoms with E-state index in [9.17, 15) is 9.59 Å². The summed E-state index contributed by atoms with van der Waals surface area (Å²) in [5.74, 6) is 0.587. The summed E-state index contributed by atoms with van der Waals surface area (Å²) >= 11 is 0. The number of carbonyl (C=O) groups excluding carboxylic acids is 2. The quantitative estimate of drug-likeness (QED) is 0.309. The SMILES string of the molecule is CCOc1ccc(N2C(=O)C34CC=CCC3(CC(=C(c3ccccc3)c3ccccc3)C4)C2=O)cc1. The number of rotatable bonds is 5. The van der Waals surface area contributed by atoms with Crippen LogP contribution in [-0.2, 0) is 9.59 Å². The number of benzene rings is 3. The average molecular weight is 476 g/mol. The molecule has 2 unspecified atom stereocenters. The van der Waals surface area contributed by atoms with Crippen LogP contribution in [0.2, 0.25) is 0 Å². The second-order valence-corrected chi connectivity index (χ2v) is 9.98. The molecule has 3 aliphatic rings. The smallest absolute Gasteiger partial charge is 0.241 e. The molecule has 3 aromatic carbocycles. The summed E-state index contributed by atoms with van der Waals surface area (Å²) in [6.07, 6.45) is 6.55. The Kier molecular flexibility index (Phi) is 5.40. The third-order valence-corrected chi connectivity index (χ3v) is 8.16. The van der Waals surface area contributed by atoms with Gasteiger partial charge in [0.25, 0.3) is 0 Å². The number of imide groups is 1. The summed E-state index contributed by atoms with van der Waals surface area (Å²) in [5.41, 5.74) is 3.73. The first kappa shape index (κ1) is 22.5. The Morgan fingerprint density at radius 2 is 1.25 bits per heavy atom. The lowest BCUT2D eigenvalue weighted by molar-refractivity contribution is -0.132. The van der Waals surface area contributed by atoms with E-state index < -0.39 is 10.8 Å². The lowest BCUT2D eigenvalue weighted by Gasteiger charge is -2.36. The topological polar surface area (TPSA) is 46.6 Å². The summed E-state index contributed by atoms with van der Waals surface area (Å²) in [6, 6.07) is 28.0. The van der Waals surface area contributed by atoms with Crippen molar-refractivity contribution in [3.8, 4) is 5.75 Å². The molecule has 2 atom stereocenters. The maximum absolute atomic E-state index is 14.2. The Balaban J connectivity index is 1.47. The fraction of sp³-hybridized carbons (Fsp3) is 0.250. The van der Waals surface area contributed by atoms with Crippen molar-refractivity contribution in [2.45, 2.75) is 32.6 Å². The highest BCUT2D eigenvalue weighted by Gasteiger charge is 2.72. The standard InChI is InChI=1S/C32H29NO3/c1-2-36-27-17-15-26(16-18-27)33-29(34)31-19-9-10-20-32(31,30(33)35)22-25(21-31)28(23-11-5-3-6-12-23)24-13-7-4-8-14-24/h3-18H,2,19-22H2,1H3. The van der Waals surface area contributed by atoms with E-state index in [0.717, 1.165) is 22.4 Å². The van der Waals surface area contributed by atoms with Crippen molar-refractivity contribution >= 4 is 23.1 Å². The van der Waals surface area contributed by atoms with Crippen molar-refractivity contribution in [1.29, 1.82) is 0 Å². The van der Waals surface area contributed by atoms with Crippen LogP contribution >= 0.6 is 0 Å². The molecule has 2 fully saturated rings. The van der Waals surface area contributed by atoms with E-state index in [2.05, 4.69) is 36.4 Å². The van der Waals surface area contributed by atoms with Crippen molar-refractivity contribution < 1.29 is 14.3 Å². The molecule has 0 bridgehead atoms. The monoisotopic (exact) mass is 475 g/mol. The number of hydrogen-bond acceptors (Lipinski definition) is 3. The van der Waals surface area contributed by atoms with Crippen LogP contribution in [0.5, 0.6) is 5.75 Å². The molecular formula is C32H29NO3. The van der Waals surface area contributed by atoms with Crippen molar-refractivity contribution in [1.82, 2.24) is 0 Å². The van der Waals surface area contributed by atoms with Gasteiger partial charge in [-0.05, 0) is 73.6 Å². The highest BCUT2D eigenvalue weighted by atomic mass is 16.5. The third-order valence-electron chi connectivity index (χ3n) is 8.16. The number of amides is 2. The number of carbonyl (C=O) groups is 2. The molecular weight excluding hydrogens is 446 g/mol. The largest absolute Gasteiger partial charge is 0.494 e. The van der Waals surface area contributed by atoms with Gasteiger partial charge in [0.2, 0.25) is 11.8 Å². The Morgan fingerprint density at radius 1 is 0.750 bits per heavy atom. The molecule has 2 amide bonds. The first-order valence-corrected chi connectivity index (χ1v) is 12.7. The van der Waals surface area contributed by atoms with E-state index in [1.54, 1.807) is 0 Å². The fourth-order valence-corrected chi connectivity index (χ4v) is 6.54. The zero-order chi connectivity index (χ0) is 24.8. The van der Waals surface area contributed by atoms with Gasteiger partial charge in [-0.1, -0.05) is 78.4 Å². The molecule has 1 aliphatic heterocycles. The maximum Gasteiger partial charge on any atom is 0.241 e. The minimum absolute atomic E-state index is 0.0727. The van der Waals surface area contributed by atoms with E-state index in [0.29, 0.717) is 38.0 Å². The second kappa shape index (κ2) is 8.63. The van der Waals surface area contributed by atoms with Crippen molar-refractivity contribution in [2.24, 2.45) is 10.8 Å². The van der Waals surface area contributed by atoms with Crippen LogP contribution in [-0.4, -0.2) is 18.4 Å². The molecule has 0 aromatic heterocycles. The first-order chi connectivity index (χ1) is 17.6. The van der Waals surface area contributed by atoms with Crippen LogP contribution in [0.4, 0.5) is 5.69 Å². The van der Waals surface area contributed by atoms with Gasteiger partial charge in [0.15, 0.2) is 0 Å². The lowest BCUT2D eigenvalue weighted by Crippen LogP contribution is -2.41. The van der Waals surface area contributed by atoms with E-state index >= 15 is 0 Å². The molecule has 2 aliphatic carbocycles. The van der Waals surface area contributed by atoms with Crippen LogP contribution in [0.1, 0.15) is 43.7 Å². The molecule has 0 N–H and O–H groups in total. The molecule has 0 radical (unpaired) electrons. The number of anilines is 1. The van der Waals surface area contributed by atoms with Crippen LogP contribution in [0.15, 0.2) is 103 Å². The Labute approximate surface area is 211 Å². The zero-order valence-electron chi connectivity index (χ0n) is 20.4. The normalized spacial score (nSPS) is 24.6. The van der Waals surface area contributed by atoms with Crippen LogP contribution < -0.4 is 9.64 Å². The van der Waals surface area contributed by atoms with Crippen LogP contribution in [0.3, 0.4) is 0 Å². The molecule has 6 rings (SSSR count). The number of nitrogens with zero attached hydrogens (tertiary/aromatic N) is 1. The third kappa shape index (κ3) is 3.21. The van der Waals surface area contributed by atoms with Gasteiger partial charge in [0.05, 0.1) is 23.1 Å². The number of ether oxygens (including phenoxy) is 1. The maximum atomic E-state index is 14.2. The molecule has 180 valence electrons. The molecule has 1 saturated heterocycles. The Hall–Kier alpha value is -3.92. The molecule has 1 heterocycles. The molecule has 4 heteroatoms. The molecule has 3 aromatic rings. The fourth-order valence-electron chi connectivity index (χ4n) is 6.54. The first-order valence-electron chi connectivity index (χ1n) is 12.7. The van der Waals surface area contributed by atoms with E-state index in [1.807, 2.05) is 67.6 Å². The Morgan fingerprint density at radius 3 is 1.72 bits per heavy atom. The van der Waals surface area contributed by atoms with Gasteiger partial charge in [0, 0.05) is 0 Å². The van der Waals surface area contributed by atoms with Gasteiger partial charge in [-0.3, -0.25) is 9.59 Å². The summed E-state index contributed by atoms with van der Waals surface area (Å²) in [7, 11) is 0. The van der Waals surface area contributed by atoms with E-state index in [1.165, 1.54) is 10.5 Å². The summed E-state index contributed by atoms with van der Waals surface area (Å²) in [5, 5.41) is 0. The highest BCUT2D eigenvalue weighted by Crippen LogP contribution is 2.67.